The van der Waals surface area contributed by atoms with Crippen LogP contribution in [0.2, 0.25) is 0 Å². The zero-order chi connectivity index (χ0) is 8.85. The summed E-state index contributed by atoms with van der Waals surface area (Å²) in [6, 6.07) is -0.962. The van der Waals surface area contributed by atoms with Crippen molar-refractivity contribution in [3.8, 4) is 0 Å². The summed E-state index contributed by atoms with van der Waals surface area (Å²) in [6.45, 7) is 3.48. The molecule has 0 radical (unpaired) electrons. The second-order valence-electron chi connectivity index (χ2n) is 1.95. The molecule has 0 aliphatic carbocycles. The molecule has 0 aromatic carbocycles. The smallest absolute Gasteiger partial charge is 0.324 e. The molecule has 64 valence electrons. The summed E-state index contributed by atoms with van der Waals surface area (Å²) in [5.41, 5.74) is 0. The average molecular weight is 177 g/mol. The third kappa shape index (κ3) is 3.41. The number of thiol groups is 1. The fourth-order valence-corrected chi connectivity index (χ4v) is 0.904. The molecule has 0 bridgehead atoms. The third-order valence-electron chi connectivity index (χ3n) is 1.13. The molecule has 1 unspecified atom stereocenters. The highest BCUT2D eigenvalue weighted by molar-refractivity contribution is 7.80. The molecule has 2 N–H and O–H groups in total. The van der Waals surface area contributed by atoms with E-state index >= 15 is 0 Å². The molecule has 0 spiro atoms. The fraction of sp³-hybridized carbons (Fsp3) is 0.500. The number of aliphatic carboxylic acids is 1. The molecular weight excluding hydrogens is 166 g/mol. The summed E-state index contributed by atoms with van der Waals surface area (Å²) in [5.74, 6) is -1.02. The van der Waals surface area contributed by atoms with Crippen molar-refractivity contribution >= 4 is 18.6 Å². The number of rotatable bonds is 5. The predicted molar refractivity (Wildman–Crippen MR) is 44.0 cm³/mol. The van der Waals surface area contributed by atoms with Crippen LogP contribution in [0.4, 0.5) is 0 Å². The molecule has 4 nitrogen and oxygen atoms in total. The van der Waals surface area contributed by atoms with Crippen molar-refractivity contribution in [2.75, 3.05) is 12.3 Å². The van der Waals surface area contributed by atoms with E-state index in [9.17, 15) is 4.79 Å². The number of hydrogen-bond acceptors (Lipinski definition) is 4. The first-order valence-corrected chi connectivity index (χ1v) is 3.66. The molecule has 0 aliphatic rings. The Morgan fingerprint density at radius 2 is 2.36 bits per heavy atom. The van der Waals surface area contributed by atoms with Crippen molar-refractivity contribution in [1.29, 1.82) is 0 Å². The van der Waals surface area contributed by atoms with E-state index in [1.807, 2.05) is 0 Å². The molecule has 0 aromatic rings. The van der Waals surface area contributed by atoms with E-state index in [0.717, 1.165) is 0 Å². The lowest BCUT2D eigenvalue weighted by atomic mass is 10.3. The van der Waals surface area contributed by atoms with Gasteiger partial charge in [0.15, 0.2) is 0 Å². The van der Waals surface area contributed by atoms with Gasteiger partial charge in [0.05, 0.1) is 0 Å². The van der Waals surface area contributed by atoms with E-state index in [1.54, 1.807) is 0 Å². The van der Waals surface area contributed by atoms with Gasteiger partial charge in [-0.05, 0) is 0 Å². The lowest BCUT2D eigenvalue weighted by molar-refractivity contribution is -0.163. The number of nitrogens with zero attached hydrogens (tertiary/aromatic N) is 1. The van der Waals surface area contributed by atoms with Gasteiger partial charge in [-0.3, -0.25) is 4.79 Å². The number of carboxylic acid groups (broad SMARTS) is 1. The summed E-state index contributed by atoms with van der Waals surface area (Å²) in [5, 5.41) is 18.2. The van der Waals surface area contributed by atoms with Crippen molar-refractivity contribution < 1.29 is 15.1 Å². The highest BCUT2D eigenvalue weighted by atomic mass is 32.1. The summed E-state index contributed by atoms with van der Waals surface area (Å²) in [6.07, 6.45) is 1.42. The zero-order valence-corrected chi connectivity index (χ0v) is 6.87. The minimum absolute atomic E-state index is 0.0691. The number of carboxylic acids is 1. The second-order valence-corrected chi connectivity index (χ2v) is 2.31. The van der Waals surface area contributed by atoms with E-state index < -0.39 is 12.0 Å². The molecule has 0 aliphatic heterocycles. The van der Waals surface area contributed by atoms with E-state index in [1.165, 1.54) is 6.08 Å². The Labute approximate surface area is 70.5 Å². The zero-order valence-electron chi connectivity index (χ0n) is 5.97. The van der Waals surface area contributed by atoms with E-state index in [0.29, 0.717) is 5.06 Å². The van der Waals surface area contributed by atoms with Crippen molar-refractivity contribution in [3.63, 3.8) is 0 Å². The molecule has 0 rings (SSSR count). The van der Waals surface area contributed by atoms with E-state index in [4.69, 9.17) is 10.3 Å². The quantitative estimate of drug-likeness (QED) is 0.320. The molecule has 1 atom stereocenters. The van der Waals surface area contributed by atoms with E-state index in [-0.39, 0.29) is 12.3 Å². The van der Waals surface area contributed by atoms with Gasteiger partial charge >= 0.3 is 5.97 Å². The molecule has 0 saturated carbocycles. The molecule has 11 heavy (non-hydrogen) atoms. The minimum atomic E-state index is -1.09. The second kappa shape index (κ2) is 5.17. The third-order valence-corrected chi connectivity index (χ3v) is 1.48. The SMILES string of the molecule is C=CCN(O)C(CS)C(=O)O. The van der Waals surface area contributed by atoms with Crippen LogP contribution in [-0.4, -0.2) is 39.7 Å². The van der Waals surface area contributed by atoms with Crippen LogP contribution < -0.4 is 0 Å². The Morgan fingerprint density at radius 1 is 1.82 bits per heavy atom. The van der Waals surface area contributed by atoms with Gasteiger partial charge in [-0.2, -0.15) is 17.7 Å². The maximum absolute atomic E-state index is 10.4. The van der Waals surface area contributed by atoms with Crippen LogP contribution in [0.15, 0.2) is 12.7 Å². The summed E-state index contributed by atoms with van der Waals surface area (Å²) in [7, 11) is 0. The van der Waals surface area contributed by atoms with Gasteiger partial charge in [0.25, 0.3) is 0 Å². The Morgan fingerprint density at radius 3 is 2.64 bits per heavy atom. The molecular formula is C6H11NO3S. The highest BCUT2D eigenvalue weighted by Crippen LogP contribution is 1.98. The van der Waals surface area contributed by atoms with Crippen molar-refractivity contribution in [1.82, 2.24) is 5.06 Å². The Kier molecular flexibility index (Phi) is 4.93. The molecule has 0 amide bonds. The Hall–Kier alpha value is -0.520. The minimum Gasteiger partial charge on any atom is -0.480 e. The summed E-state index contributed by atoms with van der Waals surface area (Å²) < 4.78 is 0. The van der Waals surface area contributed by atoms with Crippen LogP contribution in [0.1, 0.15) is 0 Å². The molecule has 0 fully saturated rings. The standard InChI is InChI=1S/C6H11NO3S/c1-2-3-7(10)5(4-11)6(8)9/h2,5,10-11H,1,3-4H2,(H,8,9). The number of hydroxylamine groups is 2. The Balaban J connectivity index is 4.01. The highest BCUT2D eigenvalue weighted by Gasteiger charge is 2.21. The van der Waals surface area contributed by atoms with Crippen LogP contribution in [0, 0.1) is 0 Å². The summed E-state index contributed by atoms with van der Waals surface area (Å²) in [4.78, 5) is 10.4. The molecule has 0 aromatic heterocycles. The van der Waals surface area contributed by atoms with Crippen molar-refractivity contribution in [2.45, 2.75) is 6.04 Å². The first kappa shape index (κ1) is 10.5. The lowest BCUT2D eigenvalue weighted by Crippen LogP contribution is -2.40. The molecule has 0 saturated heterocycles. The largest absolute Gasteiger partial charge is 0.480 e. The van der Waals surface area contributed by atoms with Gasteiger partial charge < -0.3 is 10.3 Å². The Bertz CT molecular complexity index is 151. The maximum Gasteiger partial charge on any atom is 0.324 e. The predicted octanol–water partition coefficient (Wildman–Crippen LogP) is 0.247. The average Bonchev–Trinajstić information content (AvgIpc) is 1.88. The number of carbonyl (C=O) groups is 1. The van der Waals surface area contributed by atoms with E-state index in [2.05, 4.69) is 19.2 Å². The van der Waals surface area contributed by atoms with Gasteiger partial charge in [-0.25, -0.2) is 0 Å². The van der Waals surface area contributed by atoms with Gasteiger partial charge in [-0.1, -0.05) is 6.08 Å². The first-order chi connectivity index (χ1) is 5.13. The normalized spacial score (nSPS) is 13.0. The van der Waals surface area contributed by atoms with Crippen LogP contribution in [0.3, 0.4) is 0 Å². The monoisotopic (exact) mass is 177 g/mol. The van der Waals surface area contributed by atoms with Crippen molar-refractivity contribution in [2.24, 2.45) is 0 Å². The van der Waals surface area contributed by atoms with Gasteiger partial charge in [0, 0.05) is 12.3 Å². The van der Waals surface area contributed by atoms with Crippen LogP contribution in [0.25, 0.3) is 0 Å². The first-order valence-electron chi connectivity index (χ1n) is 3.03. The van der Waals surface area contributed by atoms with Gasteiger partial charge in [-0.15, -0.1) is 6.58 Å². The summed E-state index contributed by atoms with van der Waals surface area (Å²) >= 11 is 3.77. The lowest BCUT2D eigenvalue weighted by Gasteiger charge is -2.18. The van der Waals surface area contributed by atoms with Crippen LogP contribution in [-0.2, 0) is 4.79 Å². The maximum atomic E-state index is 10.4. The van der Waals surface area contributed by atoms with Crippen molar-refractivity contribution in [3.05, 3.63) is 12.7 Å². The topological polar surface area (TPSA) is 60.8 Å². The number of hydrogen-bond donors (Lipinski definition) is 3. The van der Waals surface area contributed by atoms with Gasteiger partial charge in [0.2, 0.25) is 0 Å². The van der Waals surface area contributed by atoms with Gasteiger partial charge in [0.1, 0.15) is 6.04 Å². The molecule has 0 heterocycles. The van der Waals surface area contributed by atoms with Crippen LogP contribution in [0.5, 0.6) is 0 Å². The molecule has 5 heteroatoms. The fourth-order valence-electron chi connectivity index (χ4n) is 0.559. The van der Waals surface area contributed by atoms with Crippen LogP contribution >= 0.6 is 12.6 Å².